The maximum Gasteiger partial charge on any atom is 0.135 e. The van der Waals surface area contributed by atoms with Crippen molar-refractivity contribution in [3.8, 4) is 0 Å². The average molecular weight is 206 g/mol. The Hall–Kier alpha value is -1.16. The minimum Gasteiger partial charge on any atom is -0.463 e. The lowest BCUT2D eigenvalue weighted by Gasteiger charge is -2.29. The molecule has 0 amide bonds. The number of rotatable bonds is 2. The van der Waals surface area contributed by atoms with E-state index >= 15 is 0 Å². The van der Waals surface area contributed by atoms with Gasteiger partial charge in [0.2, 0.25) is 0 Å². The van der Waals surface area contributed by atoms with Crippen LogP contribution in [-0.4, -0.2) is 30.1 Å². The van der Waals surface area contributed by atoms with E-state index in [0.717, 1.165) is 37.6 Å². The third-order valence-electron chi connectivity index (χ3n) is 2.99. The van der Waals surface area contributed by atoms with Gasteiger partial charge in [0.1, 0.15) is 17.8 Å². The molecule has 82 valence electrons. The van der Waals surface area contributed by atoms with E-state index in [1.807, 2.05) is 0 Å². The quantitative estimate of drug-likeness (QED) is 0.672. The summed E-state index contributed by atoms with van der Waals surface area (Å²) in [5, 5.41) is 0. The number of hydrogen-bond acceptors (Lipinski definition) is 3. The number of aromatic nitrogens is 2. The molecule has 0 bridgehead atoms. The predicted molar refractivity (Wildman–Crippen MR) is 59.6 cm³/mol. The second-order valence-electron chi connectivity index (χ2n) is 4.06. The van der Waals surface area contributed by atoms with Crippen LogP contribution in [0.4, 0.5) is 5.82 Å². The molecule has 0 fully saturated rings. The van der Waals surface area contributed by atoms with E-state index in [1.165, 1.54) is 10.5 Å². The molecular weight excluding hydrogens is 188 g/mol. The summed E-state index contributed by atoms with van der Waals surface area (Å²) in [7, 11) is 6.11. The summed E-state index contributed by atoms with van der Waals surface area (Å²) in [6, 6.07) is 0. The third kappa shape index (κ3) is 1.95. The lowest BCUT2D eigenvalue weighted by Crippen LogP contribution is -3.06. The maximum absolute atomic E-state index is 4.37. The molecule has 2 heterocycles. The summed E-state index contributed by atoms with van der Waals surface area (Å²) in [4.78, 5) is 12.2. The van der Waals surface area contributed by atoms with E-state index in [9.17, 15) is 0 Å². The van der Waals surface area contributed by atoms with Crippen molar-refractivity contribution in [1.82, 2.24) is 9.97 Å². The zero-order valence-electron chi connectivity index (χ0n) is 9.45. The van der Waals surface area contributed by atoms with Gasteiger partial charge in [0.25, 0.3) is 0 Å². The number of nitrogens with one attached hydrogen (secondary N) is 1. The summed E-state index contributed by atoms with van der Waals surface area (Å²) in [5.41, 5.74) is 2.48. The Labute approximate surface area is 90.9 Å². The lowest BCUT2D eigenvalue weighted by molar-refractivity contribution is -0.870. The van der Waals surface area contributed by atoms with E-state index in [4.69, 9.17) is 0 Å². The number of nitrogens with zero attached hydrogens (tertiary/aromatic N) is 3. The molecule has 2 rings (SSSR count). The van der Waals surface area contributed by atoms with E-state index < -0.39 is 0 Å². The van der Waals surface area contributed by atoms with Crippen LogP contribution in [0, 0.1) is 7.05 Å². The number of hydrogen-bond donors (Lipinski definition) is 1. The molecule has 1 atom stereocenters. The summed E-state index contributed by atoms with van der Waals surface area (Å²) < 4.78 is 0. The highest BCUT2D eigenvalue weighted by Gasteiger charge is 2.20. The van der Waals surface area contributed by atoms with E-state index in [2.05, 4.69) is 35.9 Å². The van der Waals surface area contributed by atoms with Crippen LogP contribution in [0.15, 0.2) is 6.33 Å². The molecule has 0 saturated heterocycles. The fraction of sp³-hybridized carbons (Fsp3) is 0.545. The Morgan fingerprint density at radius 1 is 1.53 bits per heavy atom. The van der Waals surface area contributed by atoms with Crippen molar-refractivity contribution in [2.45, 2.75) is 19.9 Å². The molecular formula is C11H18N4. The molecule has 1 aromatic heterocycles. The summed E-state index contributed by atoms with van der Waals surface area (Å²) in [6.45, 7) is 5.11. The van der Waals surface area contributed by atoms with Gasteiger partial charge in [0.15, 0.2) is 0 Å². The average Bonchev–Trinajstić information content (AvgIpc) is 2.26. The Morgan fingerprint density at radius 2 is 2.33 bits per heavy atom. The molecule has 1 N–H and O–H groups in total. The summed E-state index contributed by atoms with van der Waals surface area (Å²) in [6.07, 6.45) is 2.70. The molecule has 1 aromatic rings. The van der Waals surface area contributed by atoms with Crippen molar-refractivity contribution in [3.05, 3.63) is 24.6 Å². The van der Waals surface area contributed by atoms with Gasteiger partial charge in [0, 0.05) is 25.6 Å². The van der Waals surface area contributed by atoms with Gasteiger partial charge >= 0.3 is 0 Å². The summed E-state index contributed by atoms with van der Waals surface area (Å²) >= 11 is 0. The predicted octanol–water partition coefficient (Wildman–Crippen LogP) is -0.335. The van der Waals surface area contributed by atoms with E-state index in [1.54, 1.807) is 6.33 Å². The highest BCUT2D eigenvalue weighted by molar-refractivity contribution is 5.48. The molecule has 1 unspecified atom stereocenters. The summed E-state index contributed by atoms with van der Waals surface area (Å²) in [5.74, 6) is 1.09. The molecule has 0 saturated carbocycles. The smallest absolute Gasteiger partial charge is 0.135 e. The van der Waals surface area contributed by atoms with Gasteiger partial charge in [0.05, 0.1) is 13.1 Å². The first-order chi connectivity index (χ1) is 7.22. The molecule has 1 aliphatic rings. The first-order valence-electron chi connectivity index (χ1n) is 5.43. The highest BCUT2D eigenvalue weighted by Crippen LogP contribution is 2.19. The largest absolute Gasteiger partial charge is 0.463 e. The van der Waals surface area contributed by atoms with Crippen molar-refractivity contribution in [2.75, 3.05) is 25.0 Å². The van der Waals surface area contributed by atoms with Gasteiger partial charge in [-0.2, -0.15) is 7.05 Å². The van der Waals surface area contributed by atoms with Crippen LogP contribution in [0.3, 0.4) is 0 Å². The lowest BCUT2D eigenvalue weighted by atomic mass is 10.1. The molecule has 4 nitrogen and oxygen atoms in total. The maximum atomic E-state index is 4.37. The zero-order chi connectivity index (χ0) is 10.8. The second-order valence-corrected chi connectivity index (χ2v) is 4.06. The van der Waals surface area contributed by atoms with E-state index in [-0.39, 0.29) is 0 Å². The van der Waals surface area contributed by atoms with Crippen LogP contribution in [0.1, 0.15) is 18.2 Å². The zero-order valence-corrected chi connectivity index (χ0v) is 9.45. The van der Waals surface area contributed by atoms with Crippen LogP contribution < -0.4 is 9.80 Å². The number of quaternary nitrogens is 1. The Morgan fingerprint density at radius 3 is 3.07 bits per heavy atom. The topological polar surface area (TPSA) is 33.5 Å². The molecule has 0 aromatic carbocycles. The van der Waals surface area contributed by atoms with Crippen LogP contribution in [-0.2, 0) is 13.0 Å². The highest BCUT2D eigenvalue weighted by atomic mass is 15.2. The Balaban J connectivity index is 2.37. The monoisotopic (exact) mass is 206 g/mol. The van der Waals surface area contributed by atoms with Gasteiger partial charge in [-0.1, -0.05) is 0 Å². The van der Waals surface area contributed by atoms with Gasteiger partial charge in [-0.3, -0.25) is 0 Å². The molecule has 1 aliphatic heterocycles. The third-order valence-corrected chi connectivity index (χ3v) is 2.99. The fourth-order valence-corrected chi connectivity index (χ4v) is 1.95. The first kappa shape index (κ1) is 10.4. The minimum atomic E-state index is 0.919. The Bertz CT molecular complexity index is 350. The van der Waals surface area contributed by atoms with Crippen molar-refractivity contribution in [2.24, 2.45) is 0 Å². The number of fused-ring (bicyclic) bond motifs is 1. The van der Waals surface area contributed by atoms with Crippen LogP contribution in [0.5, 0.6) is 0 Å². The van der Waals surface area contributed by atoms with Crippen molar-refractivity contribution < 1.29 is 4.90 Å². The number of anilines is 1. The van der Waals surface area contributed by atoms with Crippen LogP contribution >= 0.6 is 0 Å². The van der Waals surface area contributed by atoms with Gasteiger partial charge in [-0.15, -0.1) is 0 Å². The molecule has 15 heavy (non-hydrogen) atoms. The van der Waals surface area contributed by atoms with Crippen molar-refractivity contribution in [1.29, 1.82) is 0 Å². The Kier molecular flexibility index (Phi) is 2.86. The second kappa shape index (κ2) is 4.14. The SMILES string of the molecule is [CH2-][NH+]1CCc2c(ncnc2N(C)CC)C1. The normalized spacial score (nSPS) is 19.8. The minimum absolute atomic E-state index is 0.919. The van der Waals surface area contributed by atoms with Crippen molar-refractivity contribution >= 4 is 5.82 Å². The van der Waals surface area contributed by atoms with Crippen molar-refractivity contribution in [3.63, 3.8) is 0 Å². The first-order valence-corrected chi connectivity index (χ1v) is 5.43. The van der Waals surface area contributed by atoms with Gasteiger partial charge in [-0.05, 0) is 6.92 Å². The van der Waals surface area contributed by atoms with Gasteiger partial charge in [-0.25, -0.2) is 9.97 Å². The molecule has 0 aliphatic carbocycles. The standard InChI is InChI=1S/C11H18N4/c1-4-15(3)11-9-5-6-14(2)7-10(9)12-8-13-11/h8,14H,2,4-7H2,1,3H3. The molecule has 0 spiro atoms. The van der Waals surface area contributed by atoms with Crippen LogP contribution in [0.2, 0.25) is 0 Å². The fourth-order valence-electron chi connectivity index (χ4n) is 1.95. The van der Waals surface area contributed by atoms with E-state index in [0.29, 0.717) is 0 Å². The van der Waals surface area contributed by atoms with Crippen LogP contribution in [0.25, 0.3) is 0 Å². The van der Waals surface area contributed by atoms with Gasteiger partial charge < -0.3 is 9.80 Å². The molecule has 4 heteroatoms. The molecule has 0 radical (unpaired) electrons.